The van der Waals surface area contributed by atoms with Crippen molar-refractivity contribution in [2.45, 2.75) is 13.0 Å². The average molecular weight is 194 g/mol. The number of anilines is 1. The molecule has 0 saturated heterocycles. The number of rotatable bonds is 6. The second kappa shape index (κ2) is 5.44. The standard InChI is InChI=1S/C10H18N4/c1-3-7-14-9-6-12-10(14)13(2)8-4-5-11/h3,6,9H,1,4-5,7-8,11H2,2H3. The van der Waals surface area contributed by atoms with Crippen LogP contribution in [0.4, 0.5) is 5.95 Å². The molecular weight excluding hydrogens is 176 g/mol. The SMILES string of the molecule is C=CCn1ccnc1N(C)CCCN. The van der Waals surface area contributed by atoms with Crippen LogP contribution >= 0.6 is 0 Å². The number of imidazole rings is 1. The van der Waals surface area contributed by atoms with Gasteiger partial charge in [-0.2, -0.15) is 0 Å². The van der Waals surface area contributed by atoms with E-state index in [1.807, 2.05) is 19.3 Å². The van der Waals surface area contributed by atoms with E-state index in [0.717, 1.165) is 25.5 Å². The molecule has 0 bridgehead atoms. The van der Waals surface area contributed by atoms with E-state index in [0.29, 0.717) is 6.54 Å². The van der Waals surface area contributed by atoms with Crippen LogP contribution in [0, 0.1) is 0 Å². The third kappa shape index (κ3) is 2.60. The van der Waals surface area contributed by atoms with E-state index in [1.54, 1.807) is 6.20 Å². The molecule has 0 saturated carbocycles. The zero-order valence-corrected chi connectivity index (χ0v) is 8.69. The van der Waals surface area contributed by atoms with Crippen LogP contribution in [-0.4, -0.2) is 29.7 Å². The van der Waals surface area contributed by atoms with Gasteiger partial charge in [0.2, 0.25) is 5.95 Å². The first-order chi connectivity index (χ1) is 6.79. The Kier molecular flexibility index (Phi) is 4.19. The van der Waals surface area contributed by atoms with Gasteiger partial charge in [0.25, 0.3) is 0 Å². The van der Waals surface area contributed by atoms with Crippen molar-refractivity contribution in [3.63, 3.8) is 0 Å². The summed E-state index contributed by atoms with van der Waals surface area (Å²) in [6, 6.07) is 0. The molecule has 4 nitrogen and oxygen atoms in total. The fourth-order valence-electron chi connectivity index (χ4n) is 1.35. The van der Waals surface area contributed by atoms with Crippen LogP contribution in [0.2, 0.25) is 0 Å². The van der Waals surface area contributed by atoms with Gasteiger partial charge in [-0.1, -0.05) is 6.08 Å². The lowest BCUT2D eigenvalue weighted by Gasteiger charge is -2.18. The highest BCUT2D eigenvalue weighted by atomic mass is 15.3. The Hall–Kier alpha value is -1.29. The number of nitrogens with two attached hydrogens (primary N) is 1. The quantitative estimate of drug-likeness (QED) is 0.683. The zero-order chi connectivity index (χ0) is 10.4. The maximum absolute atomic E-state index is 5.46. The molecule has 14 heavy (non-hydrogen) atoms. The van der Waals surface area contributed by atoms with Gasteiger partial charge in [-0.05, 0) is 13.0 Å². The number of hydrogen-bond donors (Lipinski definition) is 1. The molecule has 1 aromatic heterocycles. The highest BCUT2D eigenvalue weighted by molar-refractivity contribution is 5.29. The van der Waals surface area contributed by atoms with Crippen molar-refractivity contribution in [2.24, 2.45) is 5.73 Å². The summed E-state index contributed by atoms with van der Waals surface area (Å²) in [5.41, 5.74) is 5.46. The smallest absolute Gasteiger partial charge is 0.205 e. The van der Waals surface area contributed by atoms with E-state index in [4.69, 9.17) is 5.73 Å². The molecule has 0 fully saturated rings. The Bertz CT molecular complexity index is 279. The summed E-state index contributed by atoms with van der Waals surface area (Å²) in [4.78, 5) is 6.40. The van der Waals surface area contributed by atoms with Crippen molar-refractivity contribution < 1.29 is 0 Å². The van der Waals surface area contributed by atoms with Gasteiger partial charge in [-0.15, -0.1) is 6.58 Å². The molecule has 0 aromatic carbocycles. The second-order valence-electron chi connectivity index (χ2n) is 3.23. The summed E-state index contributed by atoms with van der Waals surface area (Å²) >= 11 is 0. The number of aromatic nitrogens is 2. The Labute approximate surface area is 85.0 Å². The molecule has 0 amide bonds. The van der Waals surface area contributed by atoms with Gasteiger partial charge in [0, 0.05) is 32.5 Å². The summed E-state index contributed by atoms with van der Waals surface area (Å²) in [6.07, 6.45) is 6.60. The third-order valence-corrected chi connectivity index (χ3v) is 2.06. The molecule has 1 heterocycles. The van der Waals surface area contributed by atoms with Crippen molar-refractivity contribution >= 4 is 5.95 Å². The van der Waals surface area contributed by atoms with E-state index in [-0.39, 0.29) is 0 Å². The molecular formula is C10H18N4. The minimum atomic E-state index is 0.715. The summed E-state index contributed by atoms with van der Waals surface area (Å²) in [7, 11) is 2.03. The lowest BCUT2D eigenvalue weighted by molar-refractivity contribution is 0.731. The number of allylic oxidation sites excluding steroid dienone is 1. The van der Waals surface area contributed by atoms with E-state index in [1.165, 1.54) is 0 Å². The summed E-state index contributed by atoms with van der Waals surface area (Å²) < 4.78 is 2.06. The lowest BCUT2D eigenvalue weighted by atomic mass is 10.4. The summed E-state index contributed by atoms with van der Waals surface area (Å²) in [6.45, 7) is 6.15. The fourth-order valence-corrected chi connectivity index (χ4v) is 1.35. The molecule has 0 radical (unpaired) electrons. The van der Waals surface area contributed by atoms with Gasteiger partial charge in [-0.3, -0.25) is 0 Å². The number of hydrogen-bond acceptors (Lipinski definition) is 3. The highest BCUT2D eigenvalue weighted by Crippen LogP contribution is 2.09. The maximum Gasteiger partial charge on any atom is 0.205 e. The van der Waals surface area contributed by atoms with Gasteiger partial charge in [0.15, 0.2) is 0 Å². The van der Waals surface area contributed by atoms with Crippen molar-refractivity contribution in [3.05, 3.63) is 25.0 Å². The lowest BCUT2D eigenvalue weighted by Crippen LogP contribution is -2.24. The molecule has 2 N–H and O–H groups in total. The first kappa shape index (κ1) is 10.8. The molecule has 0 unspecified atom stereocenters. The fraction of sp³-hybridized carbons (Fsp3) is 0.500. The Morgan fingerprint density at radius 1 is 1.71 bits per heavy atom. The van der Waals surface area contributed by atoms with Crippen LogP contribution < -0.4 is 10.6 Å². The van der Waals surface area contributed by atoms with E-state index in [9.17, 15) is 0 Å². The van der Waals surface area contributed by atoms with Crippen molar-refractivity contribution in [2.75, 3.05) is 25.0 Å². The molecule has 0 aliphatic rings. The topological polar surface area (TPSA) is 47.1 Å². The molecule has 0 atom stereocenters. The summed E-state index contributed by atoms with van der Waals surface area (Å²) in [5, 5.41) is 0. The van der Waals surface area contributed by atoms with Crippen LogP contribution in [0.15, 0.2) is 25.0 Å². The zero-order valence-electron chi connectivity index (χ0n) is 8.69. The van der Waals surface area contributed by atoms with E-state index < -0.39 is 0 Å². The maximum atomic E-state index is 5.46. The minimum absolute atomic E-state index is 0.715. The first-order valence-electron chi connectivity index (χ1n) is 4.82. The van der Waals surface area contributed by atoms with Gasteiger partial charge < -0.3 is 15.2 Å². The van der Waals surface area contributed by atoms with Crippen molar-refractivity contribution in [3.8, 4) is 0 Å². The van der Waals surface area contributed by atoms with Gasteiger partial charge in [0.05, 0.1) is 0 Å². The van der Waals surface area contributed by atoms with Gasteiger partial charge >= 0.3 is 0 Å². The van der Waals surface area contributed by atoms with Crippen LogP contribution in [-0.2, 0) is 6.54 Å². The molecule has 0 aliphatic carbocycles. The van der Waals surface area contributed by atoms with Crippen LogP contribution in [0.3, 0.4) is 0 Å². The van der Waals surface area contributed by atoms with Crippen molar-refractivity contribution in [1.29, 1.82) is 0 Å². The van der Waals surface area contributed by atoms with Crippen LogP contribution in [0.25, 0.3) is 0 Å². The molecule has 4 heteroatoms. The Morgan fingerprint density at radius 3 is 3.14 bits per heavy atom. The molecule has 1 rings (SSSR count). The molecule has 0 spiro atoms. The van der Waals surface area contributed by atoms with Crippen LogP contribution in [0.5, 0.6) is 0 Å². The number of nitrogens with zero attached hydrogens (tertiary/aromatic N) is 3. The van der Waals surface area contributed by atoms with E-state index >= 15 is 0 Å². The first-order valence-corrected chi connectivity index (χ1v) is 4.82. The summed E-state index contributed by atoms with van der Waals surface area (Å²) in [5.74, 6) is 0.971. The third-order valence-electron chi connectivity index (χ3n) is 2.06. The highest BCUT2D eigenvalue weighted by Gasteiger charge is 2.05. The van der Waals surface area contributed by atoms with Crippen LogP contribution in [0.1, 0.15) is 6.42 Å². The molecule has 1 aromatic rings. The van der Waals surface area contributed by atoms with E-state index in [2.05, 4.69) is 21.0 Å². The second-order valence-corrected chi connectivity index (χ2v) is 3.23. The Morgan fingerprint density at radius 2 is 2.50 bits per heavy atom. The predicted octanol–water partition coefficient (Wildman–Crippen LogP) is 0.854. The van der Waals surface area contributed by atoms with Gasteiger partial charge in [0.1, 0.15) is 0 Å². The minimum Gasteiger partial charge on any atom is -0.345 e. The normalized spacial score (nSPS) is 10.1. The molecule has 78 valence electrons. The van der Waals surface area contributed by atoms with Gasteiger partial charge in [-0.25, -0.2) is 4.98 Å². The largest absolute Gasteiger partial charge is 0.345 e. The predicted molar refractivity (Wildman–Crippen MR) is 59.4 cm³/mol. The average Bonchev–Trinajstić information content (AvgIpc) is 2.63. The van der Waals surface area contributed by atoms with Crippen molar-refractivity contribution in [1.82, 2.24) is 9.55 Å². The molecule has 0 aliphatic heterocycles. The Balaban J connectivity index is 2.63. The monoisotopic (exact) mass is 194 g/mol.